The van der Waals surface area contributed by atoms with Crippen molar-refractivity contribution in [2.75, 3.05) is 11.9 Å². The minimum atomic E-state index is -5.01. The van der Waals surface area contributed by atoms with Gasteiger partial charge in [-0.2, -0.15) is 31.6 Å². The molecule has 0 saturated heterocycles. The van der Waals surface area contributed by atoms with Crippen LogP contribution in [0.4, 0.5) is 32.0 Å². The van der Waals surface area contributed by atoms with Crippen molar-refractivity contribution in [2.24, 2.45) is 0 Å². The van der Waals surface area contributed by atoms with Gasteiger partial charge in [-0.1, -0.05) is 0 Å². The van der Waals surface area contributed by atoms with Gasteiger partial charge in [0.15, 0.2) is 6.61 Å². The highest BCUT2D eigenvalue weighted by molar-refractivity contribution is 5.92. The summed E-state index contributed by atoms with van der Waals surface area (Å²) >= 11 is 0. The molecule has 0 saturated carbocycles. The molecule has 0 heterocycles. The van der Waals surface area contributed by atoms with E-state index in [1.807, 2.05) is 11.4 Å². The minimum absolute atomic E-state index is 0.0388. The molecule has 0 radical (unpaired) electrons. The Balaban J connectivity index is 2.12. The number of ether oxygens (including phenoxy) is 1. The van der Waals surface area contributed by atoms with Crippen LogP contribution >= 0.6 is 0 Å². The molecule has 10 heteroatoms. The Morgan fingerprint density at radius 1 is 0.963 bits per heavy atom. The van der Waals surface area contributed by atoms with Gasteiger partial charge in [0.25, 0.3) is 5.91 Å². The number of halogens is 6. The molecule has 0 atom stereocenters. The van der Waals surface area contributed by atoms with Crippen LogP contribution in [0.2, 0.25) is 0 Å². The van der Waals surface area contributed by atoms with Crippen molar-refractivity contribution in [3.63, 3.8) is 0 Å². The Labute approximate surface area is 149 Å². The van der Waals surface area contributed by atoms with Gasteiger partial charge in [0.1, 0.15) is 5.75 Å². The number of hydrogen-bond donors (Lipinski definition) is 1. The number of alkyl halides is 6. The first kappa shape index (κ1) is 20.1. The molecule has 0 spiro atoms. The quantitative estimate of drug-likeness (QED) is 0.778. The van der Waals surface area contributed by atoms with Crippen LogP contribution in [0.15, 0.2) is 42.5 Å². The van der Waals surface area contributed by atoms with E-state index in [9.17, 15) is 31.1 Å². The predicted molar refractivity (Wildman–Crippen MR) is 81.7 cm³/mol. The third kappa shape index (κ3) is 5.64. The van der Waals surface area contributed by atoms with Crippen LogP contribution in [-0.4, -0.2) is 12.5 Å². The number of carbonyl (C=O) groups is 1. The van der Waals surface area contributed by atoms with Crippen LogP contribution in [0.1, 0.15) is 16.7 Å². The van der Waals surface area contributed by atoms with Gasteiger partial charge in [0, 0.05) is 5.69 Å². The summed E-state index contributed by atoms with van der Waals surface area (Å²) in [5.41, 5.74) is -3.40. The number of nitriles is 1. The molecular weight excluding hydrogens is 378 g/mol. The molecule has 2 aromatic rings. The van der Waals surface area contributed by atoms with Gasteiger partial charge in [-0.3, -0.25) is 4.79 Å². The number of nitrogens with zero attached hydrogens (tertiary/aromatic N) is 1. The molecule has 1 N–H and O–H groups in total. The van der Waals surface area contributed by atoms with E-state index < -0.39 is 41.7 Å². The van der Waals surface area contributed by atoms with Crippen LogP contribution in [0, 0.1) is 11.3 Å². The summed E-state index contributed by atoms with van der Waals surface area (Å²) in [4.78, 5) is 11.8. The molecule has 2 rings (SSSR count). The molecule has 0 bridgehead atoms. The molecular formula is C17H10F6N2O2. The third-order valence-corrected chi connectivity index (χ3v) is 3.22. The van der Waals surface area contributed by atoms with E-state index in [1.165, 1.54) is 24.3 Å². The second-order valence-electron chi connectivity index (χ2n) is 5.27. The highest BCUT2D eigenvalue weighted by Crippen LogP contribution is 2.37. The topological polar surface area (TPSA) is 62.1 Å². The molecule has 0 aromatic heterocycles. The van der Waals surface area contributed by atoms with Crippen LogP contribution in [0.25, 0.3) is 0 Å². The van der Waals surface area contributed by atoms with Crippen molar-refractivity contribution in [2.45, 2.75) is 12.4 Å². The summed E-state index contributed by atoms with van der Waals surface area (Å²) in [6, 6.07) is 8.22. The summed E-state index contributed by atoms with van der Waals surface area (Å²) in [7, 11) is 0. The second kappa shape index (κ2) is 7.57. The molecule has 1 amide bonds. The molecule has 0 fully saturated rings. The fourth-order valence-electron chi connectivity index (χ4n) is 2.00. The van der Waals surface area contributed by atoms with Gasteiger partial charge in [-0.05, 0) is 42.5 Å². The number of hydrogen-bond acceptors (Lipinski definition) is 3. The maximum Gasteiger partial charge on any atom is 0.416 e. The van der Waals surface area contributed by atoms with Crippen LogP contribution in [0.5, 0.6) is 5.75 Å². The van der Waals surface area contributed by atoms with E-state index in [1.54, 1.807) is 0 Å². The Bertz CT molecular complexity index is 835. The van der Waals surface area contributed by atoms with Crippen molar-refractivity contribution >= 4 is 11.6 Å². The Morgan fingerprint density at radius 2 is 1.48 bits per heavy atom. The fourth-order valence-corrected chi connectivity index (χ4v) is 2.00. The number of benzene rings is 2. The van der Waals surface area contributed by atoms with Crippen LogP contribution in [-0.2, 0) is 17.1 Å². The minimum Gasteiger partial charge on any atom is -0.484 e. The molecule has 142 valence electrons. The lowest BCUT2D eigenvalue weighted by Gasteiger charge is -2.15. The SMILES string of the molecule is N#Cc1ccc(OCC(=O)Nc2cc(C(F)(F)F)cc(C(F)(F)F)c2)cc1. The lowest BCUT2D eigenvalue weighted by atomic mass is 10.1. The molecule has 0 aliphatic rings. The first-order valence-electron chi connectivity index (χ1n) is 7.21. The lowest BCUT2D eigenvalue weighted by molar-refractivity contribution is -0.143. The van der Waals surface area contributed by atoms with E-state index in [0.717, 1.165) is 0 Å². The Kier molecular flexibility index (Phi) is 5.64. The van der Waals surface area contributed by atoms with E-state index in [2.05, 4.69) is 0 Å². The number of nitrogens with one attached hydrogen (secondary N) is 1. The zero-order valence-electron chi connectivity index (χ0n) is 13.3. The van der Waals surface area contributed by atoms with E-state index in [-0.39, 0.29) is 11.8 Å². The number of carbonyl (C=O) groups excluding carboxylic acids is 1. The van der Waals surface area contributed by atoms with Crippen molar-refractivity contribution in [3.8, 4) is 11.8 Å². The standard InChI is InChI=1S/C17H10F6N2O2/c18-16(19,20)11-5-12(17(21,22)23)7-13(6-11)25-15(26)9-27-14-3-1-10(8-24)2-4-14/h1-7H,9H2,(H,25,26). The first-order valence-corrected chi connectivity index (χ1v) is 7.21. The van der Waals surface area contributed by atoms with Crippen molar-refractivity contribution in [1.82, 2.24) is 0 Å². The molecule has 27 heavy (non-hydrogen) atoms. The van der Waals surface area contributed by atoms with Gasteiger partial charge in [-0.15, -0.1) is 0 Å². The average Bonchev–Trinajstić information content (AvgIpc) is 2.58. The van der Waals surface area contributed by atoms with Gasteiger partial charge >= 0.3 is 12.4 Å². The summed E-state index contributed by atoms with van der Waals surface area (Å²) in [5.74, 6) is -0.754. The average molecular weight is 388 g/mol. The number of amides is 1. The molecule has 0 aliphatic heterocycles. The van der Waals surface area contributed by atoms with Crippen molar-refractivity contribution in [3.05, 3.63) is 59.2 Å². The van der Waals surface area contributed by atoms with Crippen LogP contribution in [0.3, 0.4) is 0 Å². The predicted octanol–water partition coefficient (Wildman–Crippen LogP) is 4.61. The van der Waals surface area contributed by atoms with E-state index in [0.29, 0.717) is 17.7 Å². The van der Waals surface area contributed by atoms with Gasteiger partial charge in [0.05, 0.1) is 22.8 Å². The van der Waals surface area contributed by atoms with Gasteiger partial charge < -0.3 is 10.1 Å². The molecule has 4 nitrogen and oxygen atoms in total. The van der Waals surface area contributed by atoms with E-state index >= 15 is 0 Å². The van der Waals surface area contributed by atoms with Crippen molar-refractivity contribution < 1.29 is 35.9 Å². The highest BCUT2D eigenvalue weighted by atomic mass is 19.4. The lowest BCUT2D eigenvalue weighted by Crippen LogP contribution is -2.21. The summed E-state index contributed by atoms with van der Waals surface area (Å²) < 4.78 is 81.7. The maximum absolute atomic E-state index is 12.8. The molecule has 0 unspecified atom stereocenters. The number of anilines is 1. The number of rotatable bonds is 4. The zero-order chi connectivity index (χ0) is 20.2. The van der Waals surface area contributed by atoms with Crippen molar-refractivity contribution in [1.29, 1.82) is 5.26 Å². The summed E-state index contributed by atoms with van der Waals surface area (Å²) in [5, 5.41) is 10.6. The Morgan fingerprint density at radius 3 is 1.93 bits per heavy atom. The fraction of sp³-hybridized carbons (Fsp3) is 0.176. The normalized spacial score (nSPS) is 11.6. The monoisotopic (exact) mass is 388 g/mol. The van der Waals surface area contributed by atoms with Crippen LogP contribution < -0.4 is 10.1 Å². The highest BCUT2D eigenvalue weighted by Gasteiger charge is 2.37. The largest absolute Gasteiger partial charge is 0.484 e. The second-order valence-corrected chi connectivity index (χ2v) is 5.27. The Hall–Kier alpha value is -3.22. The smallest absolute Gasteiger partial charge is 0.416 e. The molecule has 0 aliphatic carbocycles. The summed E-state index contributed by atoms with van der Waals surface area (Å²) in [6.07, 6.45) is -10.0. The van der Waals surface area contributed by atoms with E-state index in [4.69, 9.17) is 10.00 Å². The van der Waals surface area contributed by atoms with Gasteiger partial charge in [0.2, 0.25) is 0 Å². The first-order chi connectivity index (χ1) is 12.5. The maximum atomic E-state index is 12.8. The summed E-state index contributed by atoms with van der Waals surface area (Å²) in [6.45, 7) is -0.649. The zero-order valence-corrected chi connectivity index (χ0v) is 13.3. The molecule has 2 aromatic carbocycles. The third-order valence-electron chi connectivity index (χ3n) is 3.22. The van der Waals surface area contributed by atoms with Gasteiger partial charge in [-0.25, -0.2) is 0 Å².